The van der Waals surface area contributed by atoms with E-state index in [1.165, 1.54) is 18.2 Å². The average molecular weight is 302 g/mol. The predicted molar refractivity (Wildman–Crippen MR) is 75.7 cm³/mol. The van der Waals surface area contributed by atoms with Gasteiger partial charge in [0.15, 0.2) is 0 Å². The summed E-state index contributed by atoms with van der Waals surface area (Å²) in [5.41, 5.74) is 0.459. The van der Waals surface area contributed by atoms with Crippen molar-refractivity contribution in [2.75, 3.05) is 44.7 Å². The van der Waals surface area contributed by atoms with Gasteiger partial charge in [0.2, 0.25) is 0 Å². The molecule has 0 bridgehead atoms. The van der Waals surface area contributed by atoms with Crippen LogP contribution in [0.2, 0.25) is 5.02 Å². The van der Waals surface area contributed by atoms with Crippen molar-refractivity contribution in [3.05, 3.63) is 29.0 Å². The van der Waals surface area contributed by atoms with Gasteiger partial charge in [0.25, 0.3) is 0 Å². The number of rotatable bonds is 4. The van der Waals surface area contributed by atoms with Gasteiger partial charge in [0.05, 0.1) is 18.2 Å². The smallest absolute Gasteiger partial charge is 0.319 e. The number of carbonyl (C=O) groups is 1. The van der Waals surface area contributed by atoms with E-state index in [4.69, 9.17) is 16.3 Å². The highest BCUT2D eigenvalue weighted by atomic mass is 35.5. The number of halogens is 2. The molecule has 0 aromatic heterocycles. The van der Waals surface area contributed by atoms with E-state index in [9.17, 15) is 9.18 Å². The van der Waals surface area contributed by atoms with Crippen molar-refractivity contribution < 1.29 is 13.9 Å². The Labute approximate surface area is 122 Å². The number of nitrogens with one attached hydrogen (secondary N) is 2. The van der Waals surface area contributed by atoms with Crippen LogP contribution in [0.3, 0.4) is 0 Å². The molecule has 2 amide bonds. The first-order chi connectivity index (χ1) is 9.65. The first-order valence-corrected chi connectivity index (χ1v) is 6.83. The fourth-order valence-electron chi connectivity index (χ4n) is 1.90. The van der Waals surface area contributed by atoms with E-state index in [0.717, 1.165) is 32.8 Å². The van der Waals surface area contributed by atoms with Gasteiger partial charge in [0, 0.05) is 31.9 Å². The summed E-state index contributed by atoms with van der Waals surface area (Å²) in [6.45, 7) is 4.57. The molecule has 1 heterocycles. The summed E-state index contributed by atoms with van der Waals surface area (Å²) in [5.74, 6) is -0.509. The van der Waals surface area contributed by atoms with Crippen LogP contribution in [0.4, 0.5) is 14.9 Å². The van der Waals surface area contributed by atoms with Gasteiger partial charge in [-0.05, 0) is 18.2 Å². The summed E-state index contributed by atoms with van der Waals surface area (Å²) in [5, 5.41) is 5.33. The molecule has 0 saturated carbocycles. The standard InChI is InChI=1S/C13H17ClFN3O2/c14-11-9-10(1-2-12(11)15)17-13(19)16-3-4-18-5-7-20-8-6-18/h1-2,9H,3-8H2,(H2,16,17,19). The number of urea groups is 1. The Morgan fingerprint density at radius 3 is 2.85 bits per heavy atom. The zero-order chi connectivity index (χ0) is 14.4. The normalized spacial score (nSPS) is 15.9. The van der Waals surface area contributed by atoms with Gasteiger partial charge in [-0.3, -0.25) is 4.90 Å². The minimum atomic E-state index is -0.509. The topological polar surface area (TPSA) is 53.6 Å². The summed E-state index contributed by atoms with van der Waals surface area (Å²) >= 11 is 5.64. The second kappa shape index (κ2) is 7.42. The lowest BCUT2D eigenvalue weighted by Crippen LogP contribution is -2.42. The predicted octanol–water partition coefficient (Wildman–Crippen LogP) is 1.93. The molecule has 1 aromatic rings. The molecule has 1 saturated heterocycles. The number of ether oxygens (including phenoxy) is 1. The number of hydrogen-bond donors (Lipinski definition) is 2. The van der Waals surface area contributed by atoms with Gasteiger partial charge in [-0.1, -0.05) is 11.6 Å². The number of amides is 2. The Kier molecular flexibility index (Phi) is 5.58. The monoisotopic (exact) mass is 301 g/mol. The highest BCUT2D eigenvalue weighted by Gasteiger charge is 2.10. The maximum Gasteiger partial charge on any atom is 0.319 e. The molecule has 110 valence electrons. The third-order valence-corrected chi connectivity index (χ3v) is 3.28. The Balaban J connectivity index is 1.70. The first-order valence-electron chi connectivity index (χ1n) is 6.45. The number of morpholine rings is 1. The second-order valence-corrected chi connectivity index (χ2v) is 4.87. The Bertz CT molecular complexity index is 467. The largest absolute Gasteiger partial charge is 0.379 e. The van der Waals surface area contributed by atoms with E-state index in [0.29, 0.717) is 12.2 Å². The summed E-state index contributed by atoms with van der Waals surface area (Å²) in [7, 11) is 0. The lowest BCUT2D eigenvalue weighted by molar-refractivity contribution is 0.0388. The van der Waals surface area contributed by atoms with Crippen LogP contribution in [0.25, 0.3) is 0 Å². The van der Waals surface area contributed by atoms with Crippen LogP contribution in [0.15, 0.2) is 18.2 Å². The number of benzene rings is 1. The van der Waals surface area contributed by atoms with Crippen molar-refractivity contribution in [3.63, 3.8) is 0 Å². The third-order valence-electron chi connectivity index (χ3n) is 2.99. The molecule has 1 aliphatic rings. The maximum atomic E-state index is 13.0. The van der Waals surface area contributed by atoms with Crippen molar-refractivity contribution in [1.29, 1.82) is 0 Å². The molecule has 20 heavy (non-hydrogen) atoms. The van der Waals surface area contributed by atoms with Crippen molar-refractivity contribution in [3.8, 4) is 0 Å². The van der Waals surface area contributed by atoms with Gasteiger partial charge in [-0.2, -0.15) is 0 Å². The maximum absolute atomic E-state index is 13.0. The molecule has 0 unspecified atom stereocenters. The molecule has 1 fully saturated rings. The number of carbonyl (C=O) groups excluding carboxylic acids is 1. The van der Waals surface area contributed by atoms with Crippen LogP contribution in [0, 0.1) is 5.82 Å². The molecular weight excluding hydrogens is 285 g/mol. The summed E-state index contributed by atoms with van der Waals surface area (Å²) in [6, 6.07) is 3.72. The molecular formula is C13H17ClFN3O2. The molecule has 0 radical (unpaired) electrons. The molecule has 0 spiro atoms. The van der Waals surface area contributed by atoms with E-state index < -0.39 is 5.82 Å². The lowest BCUT2D eigenvalue weighted by Gasteiger charge is -2.26. The van der Waals surface area contributed by atoms with E-state index in [1.807, 2.05) is 0 Å². The van der Waals surface area contributed by atoms with Gasteiger partial charge < -0.3 is 15.4 Å². The molecule has 1 aliphatic heterocycles. The summed E-state index contributed by atoms with van der Waals surface area (Å²) in [4.78, 5) is 13.9. The molecule has 7 heteroatoms. The molecule has 2 rings (SSSR count). The van der Waals surface area contributed by atoms with Crippen LogP contribution in [0.5, 0.6) is 0 Å². The van der Waals surface area contributed by atoms with E-state index >= 15 is 0 Å². The quantitative estimate of drug-likeness (QED) is 0.893. The van der Waals surface area contributed by atoms with Crippen LogP contribution in [-0.4, -0.2) is 50.3 Å². The zero-order valence-electron chi connectivity index (χ0n) is 11.0. The molecule has 5 nitrogen and oxygen atoms in total. The Morgan fingerprint density at radius 1 is 1.40 bits per heavy atom. The highest BCUT2D eigenvalue weighted by molar-refractivity contribution is 6.31. The molecule has 0 atom stereocenters. The van der Waals surface area contributed by atoms with Crippen LogP contribution >= 0.6 is 11.6 Å². The van der Waals surface area contributed by atoms with Crippen molar-refractivity contribution in [2.45, 2.75) is 0 Å². The van der Waals surface area contributed by atoms with Crippen LogP contribution in [0.1, 0.15) is 0 Å². The van der Waals surface area contributed by atoms with Crippen molar-refractivity contribution in [2.24, 2.45) is 0 Å². The van der Waals surface area contributed by atoms with Gasteiger partial charge in [0.1, 0.15) is 5.82 Å². The molecule has 2 N–H and O–H groups in total. The minimum Gasteiger partial charge on any atom is -0.379 e. The molecule has 0 aliphatic carbocycles. The SMILES string of the molecule is O=C(NCCN1CCOCC1)Nc1ccc(F)c(Cl)c1. The van der Waals surface area contributed by atoms with Crippen molar-refractivity contribution >= 4 is 23.3 Å². The van der Waals surface area contributed by atoms with E-state index in [2.05, 4.69) is 15.5 Å². The van der Waals surface area contributed by atoms with Crippen LogP contribution < -0.4 is 10.6 Å². The van der Waals surface area contributed by atoms with E-state index in [1.54, 1.807) is 0 Å². The Hall–Kier alpha value is -1.37. The second-order valence-electron chi connectivity index (χ2n) is 4.46. The average Bonchev–Trinajstić information content (AvgIpc) is 2.44. The minimum absolute atomic E-state index is 0.0175. The van der Waals surface area contributed by atoms with E-state index in [-0.39, 0.29) is 11.1 Å². The zero-order valence-corrected chi connectivity index (χ0v) is 11.8. The number of nitrogens with zero attached hydrogens (tertiary/aromatic N) is 1. The Morgan fingerprint density at radius 2 is 2.15 bits per heavy atom. The van der Waals surface area contributed by atoms with Gasteiger partial charge in [-0.25, -0.2) is 9.18 Å². The highest BCUT2D eigenvalue weighted by Crippen LogP contribution is 2.19. The number of anilines is 1. The third kappa shape index (κ3) is 4.63. The fourth-order valence-corrected chi connectivity index (χ4v) is 2.08. The van der Waals surface area contributed by atoms with Gasteiger partial charge >= 0.3 is 6.03 Å². The molecule has 1 aromatic carbocycles. The van der Waals surface area contributed by atoms with Crippen LogP contribution in [-0.2, 0) is 4.74 Å². The lowest BCUT2D eigenvalue weighted by atomic mass is 10.3. The first kappa shape index (κ1) is 15.0. The summed E-state index contributed by atoms with van der Waals surface area (Å²) in [6.07, 6.45) is 0. The number of hydrogen-bond acceptors (Lipinski definition) is 3. The summed E-state index contributed by atoms with van der Waals surface area (Å²) < 4.78 is 18.2. The van der Waals surface area contributed by atoms with Gasteiger partial charge in [-0.15, -0.1) is 0 Å². The fraction of sp³-hybridized carbons (Fsp3) is 0.462. The van der Waals surface area contributed by atoms with Crippen molar-refractivity contribution in [1.82, 2.24) is 10.2 Å².